The minimum Gasteiger partial charge on any atom is -0.493 e. The van der Waals surface area contributed by atoms with Crippen LogP contribution in [0.25, 0.3) is 0 Å². The molecule has 0 aliphatic heterocycles. The number of halogens is 3. The zero-order chi connectivity index (χ0) is 21.6. The number of hydrogen-bond acceptors (Lipinski definition) is 4. The lowest BCUT2D eigenvalue weighted by Crippen LogP contribution is -2.27. The van der Waals surface area contributed by atoms with Gasteiger partial charge in [-0.05, 0) is 35.7 Å². The molecule has 2 aromatic rings. The summed E-state index contributed by atoms with van der Waals surface area (Å²) in [6.45, 7) is -0.121. The monoisotopic (exact) mass is 411 g/mol. The molecule has 0 aliphatic carbocycles. The molecule has 0 saturated carbocycles. The summed E-state index contributed by atoms with van der Waals surface area (Å²) in [6, 6.07) is 8.74. The highest BCUT2D eigenvalue weighted by molar-refractivity contribution is 5.76. The number of methoxy groups -OCH3 is 3. The molecular weight excluding hydrogens is 387 g/mol. The maximum absolute atomic E-state index is 13.1. The number of alkyl halides is 3. The van der Waals surface area contributed by atoms with Gasteiger partial charge in [-0.15, -0.1) is 0 Å². The SMILES string of the molecule is COc1cc(CCC(=O)N(C)Cc2ccccc2C(F)(F)F)cc(OC)c1OC. The first-order valence-electron chi connectivity index (χ1n) is 8.89. The van der Waals surface area contributed by atoms with Gasteiger partial charge in [0, 0.05) is 20.0 Å². The minimum atomic E-state index is -4.46. The fraction of sp³-hybridized carbons (Fsp3) is 0.381. The summed E-state index contributed by atoms with van der Waals surface area (Å²) in [4.78, 5) is 13.8. The molecule has 0 heterocycles. The second-order valence-electron chi connectivity index (χ2n) is 6.44. The smallest absolute Gasteiger partial charge is 0.416 e. The van der Waals surface area contributed by atoms with Crippen molar-refractivity contribution < 1.29 is 32.2 Å². The van der Waals surface area contributed by atoms with Crippen molar-refractivity contribution in [2.24, 2.45) is 0 Å². The molecular formula is C21H24F3NO4. The number of ether oxygens (including phenoxy) is 3. The first-order valence-corrected chi connectivity index (χ1v) is 8.89. The normalized spacial score (nSPS) is 11.1. The van der Waals surface area contributed by atoms with Gasteiger partial charge in [-0.2, -0.15) is 13.2 Å². The van der Waals surface area contributed by atoms with E-state index >= 15 is 0 Å². The summed E-state index contributed by atoms with van der Waals surface area (Å²) in [5.41, 5.74) is 0.116. The quantitative estimate of drug-likeness (QED) is 0.649. The van der Waals surface area contributed by atoms with Gasteiger partial charge in [0.2, 0.25) is 11.7 Å². The Kier molecular flexibility index (Phi) is 7.36. The van der Waals surface area contributed by atoms with E-state index in [-0.39, 0.29) is 24.4 Å². The molecule has 2 aromatic carbocycles. The molecule has 0 saturated heterocycles. The molecule has 0 radical (unpaired) electrons. The van der Waals surface area contributed by atoms with Crippen LogP contribution in [0.1, 0.15) is 23.1 Å². The number of hydrogen-bond donors (Lipinski definition) is 0. The van der Waals surface area contributed by atoms with Crippen molar-refractivity contribution >= 4 is 5.91 Å². The van der Waals surface area contributed by atoms with Gasteiger partial charge in [0.1, 0.15) is 0 Å². The van der Waals surface area contributed by atoms with Crippen LogP contribution >= 0.6 is 0 Å². The van der Waals surface area contributed by atoms with Gasteiger partial charge in [-0.1, -0.05) is 18.2 Å². The Morgan fingerprint density at radius 3 is 2.10 bits per heavy atom. The van der Waals surface area contributed by atoms with Crippen molar-refractivity contribution in [2.75, 3.05) is 28.4 Å². The van der Waals surface area contributed by atoms with Crippen LogP contribution in [-0.2, 0) is 23.9 Å². The van der Waals surface area contributed by atoms with E-state index < -0.39 is 11.7 Å². The molecule has 0 unspecified atom stereocenters. The average Bonchev–Trinajstić information content (AvgIpc) is 2.70. The Hall–Kier alpha value is -2.90. The number of aryl methyl sites for hydroxylation is 1. The number of benzene rings is 2. The van der Waals surface area contributed by atoms with Crippen LogP contribution < -0.4 is 14.2 Å². The number of nitrogens with zero attached hydrogens (tertiary/aromatic N) is 1. The van der Waals surface area contributed by atoms with Crippen LogP contribution in [0.2, 0.25) is 0 Å². The van der Waals surface area contributed by atoms with E-state index in [2.05, 4.69) is 0 Å². The van der Waals surface area contributed by atoms with Crippen molar-refractivity contribution in [3.63, 3.8) is 0 Å². The van der Waals surface area contributed by atoms with E-state index in [1.54, 1.807) is 12.1 Å². The highest BCUT2D eigenvalue weighted by Gasteiger charge is 2.33. The van der Waals surface area contributed by atoms with Crippen LogP contribution in [-0.4, -0.2) is 39.2 Å². The van der Waals surface area contributed by atoms with E-state index in [1.807, 2.05) is 0 Å². The molecule has 0 bridgehead atoms. The molecule has 0 aromatic heterocycles. The summed E-state index contributed by atoms with van der Waals surface area (Å²) in [6.07, 6.45) is -3.96. The fourth-order valence-electron chi connectivity index (χ4n) is 3.00. The van der Waals surface area contributed by atoms with Crippen LogP contribution in [0, 0.1) is 0 Å². The zero-order valence-corrected chi connectivity index (χ0v) is 16.8. The Balaban J connectivity index is 2.08. The van der Waals surface area contributed by atoms with Crippen molar-refractivity contribution in [1.82, 2.24) is 4.90 Å². The molecule has 158 valence electrons. The summed E-state index contributed by atoms with van der Waals surface area (Å²) >= 11 is 0. The van der Waals surface area contributed by atoms with Crippen LogP contribution in [0.5, 0.6) is 17.2 Å². The molecule has 1 amide bonds. The van der Waals surface area contributed by atoms with Gasteiger partial charge in [-0.25, -0.2) is 0 Å². The van der Waals surface area contributed by atoms with Gasteiger partial charge in [0.15, 0.2) is 11.5 Å². The van der Waals surface area contributed by atoms with Gasteiger partial charge in [-0.3, -0.25) is 4.79 Å². The standard InChI is InChI=1S/C21H24F3NO4/c1-25(13-15-7-5-6-8-16(15)21(22,23)24)19(26)10-9-14-11-17(27-2)20(29-4)18(12-14)28-3/h5-8,11-12H,9-10,13H2,1-4H3. The largest absolute Gasteiger partial charge is 0.493 e. The Labute approximate surface area is 168 Å². The number of amides is 1. The second kappa shape index (κ2) is 9.54. The second-order valence-corrected chi connectivity index (χ2v) is 6.44. The van der Waals surface area contributed by atoms with E-state index in [0.717, 1.165) is 11.6 Å². The van der Waals surface area contributed by atoms with Crippen LogP contribution in [0.3, 0.4) is 0 Å². The number of rotatable bonds is 8. The Morgan fingerprint density at radius 2 is 1.59 bits per heavy atom. The molecule has 5 nitrogen and oxygen atoms in total. The lowest BCUT2D eigenvalue weighted by atomic mass is 10.1. The molecule has 2 rings (SSSR count). The van der Waals surface area contributed by atoms with Crippen LogP contribution in [0.4, 0.5) is 13.2 Å². The Morgan fingerprint density at radius 1 is 1.00 bits per heavy atom. The summed E-state index contributed by atoms with van der Waals surface area (Å²) in [5, 5.41) is 0. The third kappa shape index (κ3) is 5.56. The maximum atomic E-state index is 13.1. The van der Waals surface area contributed by atoms with Gasteiger partial charge < -0.3 is 19.1 Å². The molecule has 8 heteroatoms. The molecule has 29 heavy (non-hydrogen) atoms. The molecule has 0 fully saturated rings. The minimum absolute atomic E-state index is 0.0589. The van der Waals surface area contributed by atoms with E-state index in [0.29, 0.717) is 23.7 Å². The first kappa shape index (κ1) is 22.4. The first-order chi connectivity index (χ1) is 13.7. The predicted octanol–water partition coefficient (Wildman–Crippen LogP) is 4.32. The lowest BCUT2D eigenvalue weighted by Gasteiger charge is -2.20. The van der Waals surface area contributed by atoms with Crippen molar-refractivity contribution in [2.45, 2.75) is 25.6 Å². The highest BCUT2D eigenvalue weighted by Crippen LogP contribution is 2.38. The third-order valence-electron chi connectivity index (χ3n) is 4.51. The van der Waals surface area contributed by atoms with Gasteiger partial charge in [0.05, 0.1) is 26.9 Å². The summed E-state index contributed by atoms with van der Waals surface area (Å²) in [5.74, 6) is 1.13. The van der Waals surface area contributed by atoms with Crippen LogP contribution in [0.15, 0.2) is 36.4 Å². The predicted molar refractivity (Wildman–Crippen MR) is 102 cm³/mol. The number of carbonyl (C=O) groups excluding carboxylic acids is 1. The molecule has 0 N–H and O–H groups in total. The van der Waals surface area contributed by atoms with E-state index in [1.165, 1.54) is 51.5 Å². The molecule has 0 spiro atoms. The van der Waals surface area contributed by atoms with Crippen molar-refractivity contribution in [3.05, 3.63) is 53.1 Å². The van der Waals surface area contributed by atoms with E-state index in [4.69, 9.17) is 14.2 Å². The fourth-order valence-corrected chi connectivity index (χ4v) is 3.00. The zero-order valence-electron chi connectivity index (χ0n) is 16.8. The Bertz CT molecular complexity index is 827. The lowest BCUT2D eigenvalue weighted by molar-refractivity contribution is -0.139. The van der Waals surface area contributed by atoms with E-state index in [9.17, 15) is 18.0 Å². The maximum Gasteiger partial charge on any atom is 0.416 e. The summed E-state index contributed by atoms with van der Waals surface area (Å²) < 4.78 is 55.3. The van der Waals surface area contributed by atoms with Gasteiger partial charge in [0.25, 0.3) is 0 Å². The number of carbonyl (C=O) groups is 1. The highest BCUT2D eigenvalue weighted by atomic mass is 19.4. The average molecular weight is 411 g/mol. The molecule has 0 atom stereocenters. The molecule has 0 aliphatic rings. The topological polar surface area (TPSA) is 48.0 Å². The van der Waals surface area contributed by atoms with Crippen molar-refractivity contribution in [1.29, 1.82) is 0 Å². The third-order valence-corrected chi connectivity index (χ3v) is 4.51. The van der Waals surface area contributed by atoms with Gasteiger partial charge >= 0.3 is 6.18 Å². The van der Waals surface area contributed by atoms with Crippen molar-refractivity contribution in [3.8, 4) is 17.2 Å². The summed E-state index contributed by atoms with van der Waals surface area (Å²) in [7, 11) is 5.98.